The van der Waals surface area contributed by atoms with Crippen LogP contribution in [-0.2, 0) is 11.3 Å². The van der Waals surface area contributed by atoms with Crippen molar-refractivity contribution in [2.75, 3.05) is 18.4 Å². The van der Waals surface area contributed by atoms with E-state index in [9.17, 15) is 9.59 Å². The van der Waals surface area contributed by atoms with Crippen LogP contribution >= 0.6 is 11.6 Å². The summed E-state index contributed by atoms with van der Waals surface area (Å²) in [6.07, 6.45) is 0. The van der Waals surface area contributed by atoms with E-state index in [-0.39, 0.29) is 23.0 Å². The fourth-order valence-corrected chi connectivity index (χ4v) is 3.11. The number of H-pyrrole nitrogens is 1. The summed E-state index contributed by atoms with van der Waals surface area (Å²) < 4.78 is 0. The summed E-state index contributed by atoms with van der Waals surface area (Å²) in [5.41, 5.74) is 1.33. The molecule has 1 amide bonds. The minimum Gasteiger partial charge on any atom is -0.321 e. The van der Waals surface area contributed by atoms with E-state index >= 15 is 0 Å². The number of hydrogen-bond acceptors (Lipinski definition) is 4. The van der Waals surface area contributed by atoms with Crippen LogP contribution < -0.4 is 15.8 Å². The molecule has 3 aromatic rings. The fourth-order valence-electron chi connectivity index (χ4n) is 2.88. The number of fused-ring (bicyclic) bond motifs is 1. The molecule has 0 bridgehead atoms. The first-order chi connectivity index (χ1) is 13.5. The van der Waals surface area contributed by atoms with Crippen molar-refractivity contribution < 1.29 is 9.69 Å². The number of carbonyl (C=O) groups excluding carboxylic acids is 1. The van der Waals surface area contributed by atoms with Gasteiger partial charge in [0, 0.05) is 5.69 Å². The smallest absolute Gasteiger partial charge is 0.279 e. The second-order valence-corrected chi connectivity index (χ2v) is 6.75. The zero-order valence-corrected chi connectivity index (χ0v) is 16.0. The Bertz CT molecular complexity index is 1120. The third-order valence-corrected chi connectivity index (χ3v) is 4.68. The molecule has 8 heteroatoms. The van der Waals surface area contributed by atoms with Crippen molar-refractivity contribution in [1.82, 2.24) is 9.97 Å². The molecule has 0 aliphatic heterocycles. The van der Waals surface area contributed by atoms with Crippen molar-refractivity contribution in [3.8, 4) is 6.07 Å². The van der Waals surface area contributed by atoms with Crippen molar-refractivity contribution in [3.05, 3.63) is 69.2 Å². The van der Waals surface area contributed by atoms with Crippen molar-refractivity contribution in [3.63, 3.8) is 0 Å². The number of hydrogen-bond donors (Lipinski definition) is 3. The Labute approximate surface area is 166 Å². The largest absolute Gasteiger partial charge is 0.321 e. The number of benzene rings is 2. The lowest BCUT2D eigenvalue weighted by Gasteiger charge is -2.17. The van der Waals surface area contributed by atoms with Gasteiger partial charge in [0.1, 0.15) is 12.6 Å². The molecule has 3 N–H and O–H groups in total. The van der Waals surface area contributed by atoms with Crippen LogP contribution in [0.1, 0.15) is 18.3 Å². The summed E-state index contributed by atoms with van der Waals surface area (Å²) >= 11 is 5.99. The van der Waals surface area contributed by atoms with Gasteiger partial charge in [-0.25, -0.2) is 4.98 Å². The van der Waals surface area contributed by atoms with Crippen LogP contribution in [0.4, 0.5) is 5.69 Å². The summed E-state index contributed by atoms with van der Waals surface area (Å²) in [4.78, 5) is 32.8. The highest BCUT2D eigenvalue weighted by Gasteiger charge is 2.16. The number of para-hydroxylation sites is 1. The number of aromatic nitrogens is 2. The van der Waals surface area contributed by atoms with Crippen LogP contribution in [0.15, 0.2) is 47.3 Å². The summed E-state index contributed by atoms with van der Waals surface area (Å²) in [5, 5.41) is 12.5. The number of rotatable bonds is 6. The lowest BCUT2D eigenvalue weighted by atomic mass is 10.2. The van der Waals surface area contributed by atoms with E-state index < -0.39 is 0 Å². The number of nitrogens with zero attached hydrogens (tertiary/aromatic N) is 2. The second-order valence-electron chi connectivity index (χ2n) is 6.34. The Morgan fingerprint density at radius 1 is 1.32 bits per heavy atom. The number of aromatic amines is 1. The first-order valence-electron chi connectivity index (χ1n) is 8.81. The average molecular weight is 397 g/mol. The average Bonchev–Trinajstić information content (AvgIpc) is 2.67. The maximum absolute atomic E-state index is 12.4. The molecule has 0 spiro atoms. The van der Waals surface area contributed by atoms with Crippen molar-refractivity contribution in [2.24, 2.45) is 0 Å². The Morgan fingerprint density at radius 2 is 2.11 bits per heavy atom. The molecule has 1 heterocycles. The van der Waals surface area contributed by atoms with Crippen LogP contribution in [-0.4, -0.2) is 29.0 Å². The van der Waals surface area contributed by atoms with Gasteiger partial charge in [-0.15, -0.1) is 0 Å². The Kier molecular flexibility index (Phi) is 6.04. The first-order valence-corrected chi connectivity index (χ1v) is 9.19. The number of quaternary nitrogens is 1. The van der Waals surface area contributed by atoms with Crippen LogP contribution in [0.5, 0.6) is 0 Å². The predicted molar refractivity (Wildman–Crippen MR) is 107 cm³/mol. The normalized spacial score (nSPS) is 11.8. The van der Waals surface area contributed by atoms with Gasteiger partial charge in [0.25, 0.3) is 11.5 Å². The SMILES string of the molecule is CC[NH+](CC(=O)Nc1ccc(C#N)c(Cl)c1)Cc1nc2ccccc2c(=O)[nH]1. The van der Waals surface area contributed by atoms with Gasteiger partial charge >= 0.3 is 0 Å². The van der Waals surface area contributed by atoms with Gasteiger partial charge in [0.15, 0.2) is 12.4 Å². The topological polar surface area (TPSA) is 103 Å². The number of amides is 1. The molecular formula is C20H19ClN5O2+. The molecule has 0 saturated carbocycles. The number of nitrogens with one attached hydrogen (secondary N) is 3. The van der Waals surface area contributed by atoms with E-state index in [1.54, 1.807) is 36.4 Å². The summed E-state index contributed by atoms with van der Waals surface area (Å²) in [7, 11) is 0. The first kappa shape index (κ1) is 19.5. The monoisotopic (exact) mass is 396 g/mol. The molecule has 1 atom stereocenters. The van der Waals surface area contributed by atoms with E-state index in [2.05, 4.69) is 15.3 Å². The molecule has 0 aliphatic carbocycles. The molecule has 0 radical (unpaired) electrons. The number of carbonyl (C=O) groups is 1. The molecule has 142 valence electrons. The van der Waals surface area contributed by atoms with E-state index in [4.69, 9.17) is 16.9 Å². The Balaban J connectivity index is 1.69. The molecule has 1 unspecified atom stereocenters. The molecule has 3 rings (SSSR count). The van der Waals surface area contributed by atoms with Crippen LogP contribution in [0.3, 0.4) is 0 Å². The molecule has 7 nitrogen and oxygen atoms in total. The van der Waals surface area contributed by atoms with Gasteiger partial charge in [0.05, 0.1) is 28.0 Å². The zero-order chi connectivity index (χ0) is 20.1. The lowest BCUT2D eigenvalue weighted by molar-refractivity contribution is -0.904. The molecule has 0 aliphatic rings. The third kappa shape index (κ3) is 4.55. The summed E-state index contributed by atoms with van der Waals surface area (Å²) in [6.45, 7) is 3.25. The van der Waals surface area contributed by atoms with Gasteiger partial charge in [-0.05, 0) is 37.3 Å². The van der Waals surface area contributed by atoms with Crippen LogP contribution in [0, 0.1) is 11.3 Å². The van der Waals surface area contributed by atoms with Gasteiger partial charge < -0.3 is 15.2 Å². The van der Waals surface area contributed by atoms with Crippen molar-refractivity contribution in [2.45, 2.75) is 13.5 Å². The van der Waals surface area contributed by atoms with Crippen LogP contribution in [0.2, 0.25) is 5.02 Å². The highest BCUT2D eigenvalue weighted by Crippen LogP contribution is 2.19. The highest BCUT2D eigenvalue weighted by atomic mass is 35.5. The summed E-state index contributed by atoms with van der Waals surface area (Å²) in [5.74, 6) is 0.343. The van der Waals surface area contributed by atoms with Gasteiger partial charge in [-0.2, -0.15) is 5.26 Å². The standard InChI is InChI=1S/C20H18ClN5O2/c1-2-26(11-18-24-17-6-4-3-5-15(17)20(28)25-18)12-19(27)23-14-8-7-13(10-22)16(21)9-14/h3-9H,2,11-12H2,1H3,(H,23,27)(H,24,25,28)/p+1. The van der Waals surface area contributed by atoms with E-state index in [1.165, 1.54) is 0 Å². The number of likely N-dealkylation sites (N-methyl/N-ethyl adjacent to an activating group) is 1. The van der Waals surface area contributed by atoms with Gasteiger partial charge in [-0.1, -0.05) is 23.7 Å². The van der Waals surface area contributed by atoms with Crippen molar-refractivity contribution in [1.29, 1.82) is 5.26 Å². The molecule has 0 saturated heterocycles. The highest BCUT2D eigenvalue weighted by molar-refractivity contribution is 6.32. The van der Waals surface area contributed by atoms with Gasteiger partial charge in [-0.3, -0.25) is 9.59 Å². The quantitative estimate of drug-likeness (QED) is 0.587. The van der Waals surface area contributed by atoms with Gasteiger partial charge in [0.2, 0.25) is 0 Å². The minimum atomic E-state index is -0.194. The zero-order valence-electron chi connectivity index (χ0n) is 15.3. The molecular weight excluding hydrogens is 378 g/mol. The van der Waals surface area contributed by atoms with Crippen LogP contribution in [0.25, 0.3) is 10.9 Å². The van der Waals surface area contributed by atoms with E-state index in [0.29, 0.717) is 41.1 Å². The molecule has 1 aromatic heterocycles. The maximum Gasteiger partial charge on any atom is 0.279 e. The van der Waals surface area contributed by atoms with Crippen molar-refractivity contribution >= 4 is 34.1 Å². The predicted octanol–water partition coefficient (Wildman–Crippen LogP) is 1.49. The molecule has 0 fully saturated rings. The maximum atomic E-state index is 12.4. The second kappa shape index (κ2) is 8.65. The number of nitriles is 1. The van der Waals surface area contributed by atoms with E-state index in [0.717, 1.165) is 4.90 Å². The molecule has 28 heavy (non-hydrogen) atoms. The third-order valence-electron chi connectivity index (χ3n) is 4.36. The van der Waals surface area contributed by atoms with E-state index in [1.807, 2.05) is 19.1 Å². The Morgan fingerprint density at radius 3 is 2.82 bits per heavy atom. The molecule has 2 aromatic carbocycles. The fraction of sp³-hybridized carbons (Fsp3) is 0.200. The Hall–Kier alpha value is -3.21. The number of halogens is 1. The lowest BCUT2D eigenvalue weighted by Crippen LogP contribution is -3.11. The minimum absolute atomic E-state index is 0.187. The number of anilines is 1. The summed E-state index contributed by atoms with van der Waals surface area (Å²) in [6, 6.07) is 13.9.